The van der Waals surface area contributed by atoms with Gasteiger partial charge >= 0.3 is 0 Å². The van der Waals surface area contributed by atoms with Gasteiger partial charge in [0, 0.05) is 22.1 Å². The van der Waals surface area contributed by atoms with E-state index in [-0.39, 0.29) is 70.4 Å². The van der Waals surface area contributed by atoms with Crippen LogP contribution in [-0.2, 0) is 19.9 Å². The Labute approximate surface area is 222 Å². The van der Waals surface area contributed by atoms with Gasteiger partial charge in [0.15, 0.2) is 11.6 Å². The average Bonchev–Trinajstić information content (AvgIpc) is 2.98. The standard InChI is InChI=1S/C26H30ClNO7.C2H6/c1-4-7-26-11-12(8-13(29)10-14(22(26)32)24(28)33)9-15-18(23(26)35-3)21(31)19-17(30)6-5-16(27)20(19)25(15,2)34;1-2/h5-6,10,12-13,15,29-30,34H,4,7-9,11H2,1-3H3,(H2,28,33);1-2H3. The zero-order valence-corrected chi connectivity index (χ0v) is 22.7. The number of nitrogens with two attached hydrogens (primary N) is 1. The number of carbonyl (C=O) groups excluding carboxylic acids is 3. The predicted molar refractivity (Wildman–Crippen MR) is 139 cm³/mol. The van der Waals surface area contributed by atoms with Gasteiger partial charge in [0.1, 0.15) is 11.5 Å². The van der Waals surface area contributed by atoms with Crippen molar-refractivity contribution in [3.63, 3.8) is 0 Å². The van der Waals surface area contributed by atoms with Gasteiger partial charge in [-0.3, -0.25) is 14.4 Å². The third kappa shape index (κ3) is 4.49. The molecule has 37 heavy (non-hydrogen) atoms. The van der Waals surface area contributed by atoms with Crippen LogP contribution in [-0.4, -0.2) is 46.0 Å². The third-order valence-corrected chi connectivity index (χ3v) is 8.10. The molecule has 5 N–H and O–H groups in total. The van der Waals surface area contributed by atoms with E-state index in [1.54, 1.807) is 0 Å². The summed E-state index contributed by atoms with van der Waals surface area (Å²) in [4.78, 5) is 40.3. The van der Waals surface area contributed by atoms with Crippen LogP contribution in [0.3, 0.4) is 0 Å². The summed E-state index contributed by atoms with van der Waals surface area (Å²) in [6.07, 6.45) is 1.50. The molecule has 1 amide bonds. The van der Waals surface area contributed by atoms with E-state index in [1.807, 2.05) is 20.8 Å². The van der Waals surface area contributed by atoms with Gasteiger partial charge in [-0.25, -0.2) is 0 Å². The second kappa shape index (κ2) is 10.6. The number of fused-ring (bicyclic) bond motifs is 4. The van der Waals surface area contributed by atoms with Crippen molar-refractivity contribution in [1.82, 2.24) is 0 Å². The minimum atomic E-state index is -1.69. The molecule has 9 heteroatoms. The van der Waals surface area contributed by atoms with Crippen LogP contribution in [0.5, 0.6) is 5.75 Å². The van der Waals surface area contributed by atoms with Crippen LogP contribution in [0.4, 0.5) is 0 Å². The molecule has 0 spiro atoms. The van der Waals surface area contributed by atoms with E-state index >= 15 is 0 Å². The zero-order valence-electron chi connectivity index (χ0n) is 21.9. The van der Waals surface area contributed by atoms with Crippen LogP contribution in [0.2, 0.25) is 5.02 Å². The maximum atomic E-state index is 14.0. The van der Waals surface area contributed by atoms with Crippen LogP contribution >= 0.6 is 11.6 Å². The lowest BCUT2D eigenvalue weighted by Crippen LogP contribution is -2.44. The number of aliphatic hydroxyl groups excluding tert-OH is 1. The van der Waals surface area contributed by atoms with Crippen LogP contribution in [0.15, 0.2) is 35.1 Å². The maximum Gasteiger partial charge on any atom is 0.252 e. The van der Waals surface area contributed by atoms with Crippen molar-refractivity contribution in [1.29, 1.82) is 0 Å². The van der Waals surface area contributed by atoms with Crippen molar-refractivity contribution in [2.24, 2.45) is 23.0 Å². The van der Waals surface area contributed by atoms with E-state index < -0.39 is 40.5 Å². The summed E-state index contributed by atoms with van der Waals surface area (Å²) >= 11 is 6.42. The fourth-order valence-corrected chi connectivity index (χ4v) is 6.82. The fourth-order valence-electron chi connectivity index (χ4n) is 6.47. The molecular formula is C28H36ClNO7. The predicted octanol–water partition coefficient (Wildman–Crippen LogP) is 3.93. The first kappa shape index (κ1) is 28.9. The second-order valence-corrected chi connectivity index (χ2v) is 10.4. The quantitative estimate of drug-likeness (QED) is 0.428. The highest BCUT2D eigenvalue weighted by Crippen LogP contribution is 2.58. The number of aromatic hydroxyl groups is 1. The first-order valence-electron chi connectivity index (χ1n) is 12.7. The molecule has 5 unspecified atom stereocenters. The monoisotopic (exact) mass is 533 g/mol. The topological polar surface area (TPSA) is 147 Å². The number of hydrogen-bond donors (Lipinski definition) is 4. The van der Waals surface area contributed by atoms with Crippen molar-refractivity contribution < 1.29 is 34.4 Å². The summed E-state index contributed by atoms with van der Waals surface area (Å²) < 4.78 is 5.82. The van der Waals surface area contributed by atoms with E-state index in [9.17, 15) is 29.7 Å². The lowest BCUT2D eigenvalue weighted by molar-refractivity contribution is -0.129. The number of ketones is 2. The van der Waals surface area contributed by atoms with Gasteiger partial charge in [-0.05, 0) is 56.7 Å². The number of rotatable bonds is 4. The number of benzene rings is 1. The number of Topliss-reactive ketones (excluding diaryl/α,β-unsaturated/α-hetero) is 2. The molecule has 2 bridgehead atoms. The lowest BCUT2D eigenvalue weighted by Gasteiger charge is -2.41. The summed E-state index contributed by atoms with van der Waals surface area (Å²) in [6, 6.07) is 2.70. The smallest absolute Gasteiger partial charge is 0.252 e. The highest BCUT2D eigenvalue weighted by atomic mass is 35.5. The Bertz CT molecular complexity index is 1190. The zero-order chi connectivity index (χ0) is 27.9. The molecule has 8 nitrogen and oxygen atoms in total. The van der Waals surface area contributed by atoms with Gasteiger partial charge in [0.25, 0.3) is 5.91 Å². The lowest BCUT2D eigenvalue weighted by atomic mass is 9.65. The van der Waals surface area contributed by atoms with Crippen LogP contribution in [0, 0.1) is 17.3 Å². The van der Waals surface area contributed by atoms with E-state index in [0.29, 0.717) is 6.42 Å². The number of phenolic OH excluding ortho intramolecular Hbond substituents is 1. The largest absolute Gasteiger partial charge is 0.507 e. The first-order valence-corrected chi connectivity index (χ1v) is 13.1. The maximum absolute atomic E-state index is 14.0. The number of aliphatic hydroxyl groups is 2. The molecule has 0 radical (unpaired) electrons. The Kier molecular flexibility index (Phi) is 8.27. The van der Waals surface area contributed by atoms with Gasteiger partial charge < -0.3 is 25.8 Å². The number of allylic oxidation sites excluding steroid dienone is 1. The first-order chi connectivity index (χ1) is 17.4. The number of phenols is 1. The Morgan fingerprint density at radius 1 is 1.24 bits per heavy atom. The number of halogens is 1. The summed E-state index contributed by atoms with van der Waals surface area (Å²) in [6.45, 7) is 7.40. The molecule has 0 saturated carbocycles. The minimum absolute atomic E-state index is 0.0655. The number of primary amides is 1. The van der Waals surface area contributed by atoms with Crippen molar-refractivity contribution in [2.45, 2.75) is 71.5 Å². The molecule has 3 aliphatic carbocycles. The van der Waals surface area contributed by atoms with Gasteiger partial charge in [0.05, 0.1) is 35.4 Å². The van der Waals surface area contributed by atoms with E-state index in [0.717, 1.165) is 0 Å². The van der Waals surface area contributed by atoms with Crippen molar-refractivity contribution >= 4 is 29.1 Å². The number of amides is 1. The Morgan fingerprint density at radius 3 is 2.46 bits per heavy atom. The summed E-state index contributed by atoms with van der Waals surface area (Å²) in [5.74, 6) is -3.61. The molecule has 4 rings (SSSR count). The number of carbonyl (C=O) groups is 3. The highest BCUT2D eigenvalue weighted by molar-refractivity contribution is 6.33. The molecule has 1 aromatic carbocycles. The molecule has 0 aromatic heterocycles. The van der Waals surface area contributed by atoms with E-state index in [2.05, 4.69) is 0 Å². The molecule has 3 aliphatic rings. The van der Waals surface area contributed by atoms with E-state index in [1.165, 1.54) is 32.2 Å². The van der Waals surface area contributed by atoms with E-state index in [4.69, 9.17) is 22.1 Å². The van der Waals surface area contributed by atoms with Gasteiger partial charge in [-0.1, -0.05) is 38.8 Å². The van der Waals surface area contributed by atoms with Crippen molar-refractivity contribution in [2.75, 3.05) is 7.11 Å². The molecule has 202 valence electrons. The van der Waals surface area contributed by atoms with Gasteiger partial charge in [-0.2, -0.15) is 0 Å². The second-order valence-electron chi connectivity index (χ2n) is 10.0. The number of hydrogen-bond acceptors (Lipinski definition) is 7. The van der Waals surface area contributed by atoms with Crippen LogP contribution in [0.25, 0.3) is 0 Å². The molecule has 0 fully saturated rings. The summed E-state index contributed by atoms with van der Waals surface area (Å²) in [5.41, 5.74) is 2.16. The SMILES string of the molecule is CC.CCCC12CC(CC(O)C=C(C(N)=O)C1=O)CC1C(=C2OC)C(=O)c2c(O)ccc(Cl)c2C1(C)O. The molecule has 0 aliphatic heterocycles. The van der Waals surface area contributed by atoms with Gasteiger partial charge in [0.2, 0.25) is 0 Å². The minimum Gasteiger partial charge on any atom is -0.507 e. The average molecular weight is 534 g/mol. The molecule has 1 aromatic rings. The summed E-state index contributed by atoms with van der Waals surface area (Å²) in [7, 11) is 1.35. The number of ether oxygens (including phenoxy) is 1. The third-order valence-electron chi connectivity index (χ3n) is 7.78. The fraction of sp³-hybridized carbons (Fsp3) is 0.536. The Hall–Kier alpha value is -2.68. The number of methoxy groups -OCH3 is 1. The molecule has 0 heterocycles. The molecular weight excluding hydrogens is 498 g/mol. The molecule has 5 atom stereocenters. The normalized spacial score (nSPS) is 31.0. The van der Waals surface area contributed by atoms with Gasteiger partial charge in [-0.15, -0.1) is 0 Å². The van der Waals surface area contributed by atoms with Crippen LogP contribution < -0.4 is 5.73 Å². The Morgan fingerprint density at radius 2 is 1.89 bits per heavy atom. The van der Waals surface area contributed by atoms with Crippen molar-refractivity contribution in [3.05, 3.63) is 51.3 Å². The Balaban J connectivity index is 0.00000186. The highest BCUT2D eigenvalue weighted by Gasteiger charge is 2.58. The molecule has 0 saturated heterocycles. The van der Waals surface area contributed by atoms with Crippen LogP contribution in [0.1, 0.15) is 75.7 Å². The van der Waals surface area contributed by atoms with Crippen molar-refractivity contribution in [3.8, 4) is 5.75 Å². The summed E-state index contributed by atoms with van der Waals surface area (Å²) in [5, 5.41) is 33.3.